The number of ether oxygens (including phenoxy) is 1. The predicted molar refractivity (Wildman–Crippen MR) is 92.7 cm³/mol. The zero-order chi connectivity index (χ0) is 16.5. The summed E-state index contributed by atoms with van der Waals surface area (Å²) in [5.74, 6) is 1.99. The van der Waals surface area contributed by atoms with Gasteiger partial charge >= 0.3 is 0 Å². The Bertz CT molecular complexity index is 993. The predicted octanol–water partition coefficient (Wildman–Crippen LogP) is 3.40. The van der Waals surface area contributed by atoms with Crippen LogP contribution < -0.4 is 10.5 Å². The van der Waals surface area contributed by atoms with E-state index in [9.17, 15) is 0 Å². The highest BCUT2D eigenvalue weighted by Gasteiger charge is 2.15. The van der Waals surface area contributed by atoms with Crippen molar-refractivity contribution in [3.05, 3.63) is 60.9 Å². The van der Waals surface area contributed by atoms with Crippen LogP contribution in [0.3, 0.4) is 0 Å². The minimum atomic E-state index is 0.424. The summed E-state index contributed by atoms with van der Waals surface area (Å²) in [6.07, 6.45) is 1.42. The highest BCUT2D eigenvalue weighted by molar-refractivity contribution is 5.98. The third-order valence-electron chi connectivity index (χ3n) is 3.77. The van der Waals surface area contributed by atoms with Crippen LogP contribution >= 0.6 is 0 Å². The van der Waals surface area contributed by atoms with Crippen LogP contribution in [-0.4, -0.2) is 19.7 Å². The number of rotatable bonds is 3. The number of aryl methyl sites for hydroxylation is 1. The van der Waals surface area contributed by atoms with Crippen LogP contribution in [0.4, 0.5) is 5.82 Å². The molecule has 118 valence electrons. The van der Waals surface area contributed by atoms with Crippen LogP contribution in [0.25, 0.3) is 22.3 Å². The second-order valence-electron chi connectivity index (χ2n) is 5.37. The van der Waals surface area contributed by atoms with E-state index in [4.69, 9.17) is 10.5 Å². The number of aromatic nitrogens is 4. The van der Waals surface area contributed by atoms with Crippen molar-refractivity contribution in [2.45, 2.75) is 0 Å². The molecule has 0 amide bonds. The van der Waals surface area contributed by atoms with Crippen molar-refractivity contribution in [3.63, 3.8) is 0 Å². The number of nitrogens with two attached hydrogens (primary N) is 1. The third kappa shape index (κ3) is 2.44. The van der Waals surface area contributed by atoms with Gasteiger partial charge in [0.2, 0.25) is 0 Å². The Morgan fingerprint density at radius 1 is 0.917 bits per heavy atom. The average Bonchev–Trinajstić information content (AvgIpc) is 2.94. The summed E-state index contributed by atoms with van der Waals surface area (Å²) >= 11 is 0. The first-order valence-electron chi connectivity index (χ1n) is 7.49. The Kier molecular flexibility index (Phi) is 3.35. The summed E-state index contributed by atoms with van der Waals surface area (Å²) in [7, 11) is 1.87. The molecule has 0 saturated carbocycles. The Labute approximate surface area is 138 Å². The van der Waals surface area contributed by atoms with Crippen molar-refractivity contribution in [3.8, 4) is 22.8 Å². The molecule has 0 atom stereocenters. The van der Waals surface area contributed by atoms with E-state index in [2.05, 4.69) is 15.1 Å². The first-order chi connectivity index (χ1) is 11.7. The number of benzene rings is 2. The first kappa shape index (κ1) is 14.2. The molecule has 0 spiro atoms. The molecule has 4 rings (SSSR count). The minimum absolute atomic E-state index is 0.424. The first-order valence-corrected chi connectivity index (χ1v) is 7.49. The Morgan fingerprint density at radius 2 is 1.62 bits per heavy atom. The molecule has 2 heterocycles. The standard InChI is InChI=1S/C18H15N5O/c1-23-16(15-17(19)20-11-21-18(15)22-23)12-7-9-14(10-8-12)24-13-5-3-2-4-6-13/h2-11H,1H3,(H2,19,20,21,22). The Balaban J connectivity index is 1.72. The molecule has 0 aliphatic carbocycles. The lowest BCUT2D eigenvalue weighted by Crippen LogP contribution is -1.95. The smallest absolute Gasteiger partial charge is 0.187 e. The maximum Gasteiger partial charge on any atom is 0.187 e. The highest BCUT2D eigenvalue weighted by Crippen LogP contribution is 2.31. The molecule has 6 nitrogen and oxygen atoms in total. The largest absolute Gasteiger partial charge is 0.457 e. The molecule has 0 bridgehead atoms. The third-order valence-corrected chi connectivity index (χ3v) is 3.77. The van der Waals surface area contributed by atoms with E-state index in [1.807, 2.05) is 61.6 Å². The van der Waals surface area contributed by atoms with Crippen LogP contribution in [0.1, 0.15) is 0 Å². The number of hydrogen-bond donors (Lipinski definition) is 1. The van der Waals surface area contributed by atoms with E-state index in [0.29, 0.717) is 11.5 Å². The van der Waals surface area contributed by atoms with E-state index in [0.717, 1.165) is 28.1 Å². The molecule has 0 unspecified atom stereocenters. The number of para-hydroxylation sites is 1. The quantitative estimate of drug-likeness (QED) is 0.626. The Hall–Kier alpha value is -3.41. The van der Waals surface area contributed by atoms with Gasteiger partial charge in [-0.3, -0.25) is 4.68 Å². The molecule has 6 heteroatoms. The molecule has 4 aromatic rings. The van der Waals surface area contributed by atoms with Crippen LogP contribution in [0.5, 0.6) is 11.5 Å². The second-order valence-corrected chi connectivity index (χ2v) is 5.37. The number of nitrogens with zero attached hydrogens (tertiary/aromatic N) is 4. The zero-order valence-corrected chi connectivity index (χ0v) is 13.0. The van der Waals surface area contributed by atoms with Gasteiger partial charge in [0.25, 0.3) is 0 Å². The van der Waals surface area contributed by atoms with Crippen LogP contribution in [0.2, 0.25) is 0 Å². The summed E-state index contributed by atoms with van der Waals surface area (Å²) in [4.78, 5) is 8.24. The molecule has 24 heavy (non-hydrogen) atoms. The van der Waals surface area contributed by atoms with Gasteiger partial charge < -0.3 is 10.5 Å². The van der Waals surface area contributed by atoms with E-state index in [-0.39, 0.29) is 0 Å². The summed E-state index contributed by atoms with van der Waals surface area (Å²) in [6, 6.07) is 17.4. The number of nitrogen functional groups attached to an aromatic ring is 1. The summed E-state index contributed by atoms with van der Waals surface area (Å²) in [5, 5.41) is 5.16. The molecule has 0 radical (unpaired) electrons. The molecule has 2 aromatic carbocycles. The molecule has 0 aliphatic heterocycles. The molecular formula is C18H15N5O. The van der Waals surface area contributed by atoms with Gasteiger partial charge in [0.15, 0.2) is 5.65 Å². The normalized spacial score (nSPS) is 10.9. The monoisotopic (exact) mass is 317 g/mol. The maximum atomic E-state index is 6.01. The van der Waals surface area contributed by atoms with Gasteiger partial charge in [-0.1, -0.05) is 18.2 Å². The van der Waals surface area contributed by atoms with Gasteiger partial charge in [0, 0.05) is 12.6 Å². The van der Waals surface area contributed by atoms with Gasteiger partial charge in [0.05, 0.1) is 11.1 Å². The minimum Gasteiger partial charge on any atom is -0.457 e. The topological polar surface area (TPSA) is 78.9 Å². The van der Waals surface area contributed by atoms with Gasteiger partial charge in [-0.2, -0.15) is 5.10 Å². The highest BCUT2D eigenvalue weighted by atomic mass is 16.5. The molecule has 0 fully saturated rings. The molecule has 2 N–H and O–H groups in total. The SMILES string of the molecule is Cn1nc2ncnc(N)c2c1-c1ccc(Oc2ccccc2)cc1. The average molecular weight is 317 g/mol. The lowest BCUT2D eigenvalue weighted by Gasteiger charge is -2.07. The van der Waals surface area contributed by atoms with Crippen molar-refractivity contribution < 1.29 is 4.74 Å². The van der Waals surface area contributed by atoms with Crippen LogP contribution in [0, 0.1) is 0 Å². The van der Waals surface area contributed by atoms with Crippen molar-refractivity contribution in [1.82, 2.24) is 19.7 Å². The number of fused-ring (bicyclic) bond motifs is 1. The summed E-state index contributed by atoms with van der Waals surface area (Å²) < 4.78 is 7.59. The maximum absolute atomic E-state index is 6.01. The lowest BCUT2D eigenvalue weighted by atomic mass is 10.1. The molecule has 2 aromatic heterocycles. The van der Waals surface area contributed by atoms with E-state index in [1.54, 1.807) is 4.68 Å². The zero-order valence-electron chi connectivity index (χ0n) is 13.0. The fraction of sp³-hybridized carbons (Fsp3) is 0.0556. The van der Waals surface area contributed by atoms with Crippen LogP contribution in [-0.2, 0) is 7.05 Å². The van der Waals surface area contributed by atoms with Gasteiger partial charge in [-0.25, -0.2) is 9.97 Å². The fourth-order valence-corrected chi connectivity index (χ4v) is 2.68. The summed E-state index contributed by atoms with van der Waals surface area (Å²) in [6.45, 7) is 0. The molecule has 0 saturated heterocycles. The van der Waals surface area contributed by atoms with E-state index in [1.165, 1.54) is 6.33 Å². The van der Waals surface area contributed by atoms with E-state index >= 15 is 0 Å². The van der Waals surface area contributed by atoms with Gasteiger partial charge in [-0.15, -0.1) is 0 Å². The Morgan fingerprint density at radius 3 is 2.38 bits per heavy atom. The van der Waals surface area contributed by atoms with Gasteiger partial charge in [-0.05, 0) is 36.4 Å². The number of anilines is 1. The van der Waals surface area contributed by atoms with Crippen LogP contribution in [0.15, 0.2) is 60.9 Å². The molecule has 0 aliphatic rings. The van der Waals surface area contributed by atoms with Crippen molar-refractivity contribution in [1.29, 1.82) is 0 Å². The second kappa shape index (κ2) is 5.66. The fourth-order valence-electron chi connectivity index (χ4n) is 2.68. The molecular weight excluding hydrogens is 302 g/mol. The van der Waals surface area contributed by atoms with Crippen molar-refractivity contribution in [2.75, 3.05) is 5.73 Å². The lowest BCUT2D eigenvalue weighted by molar-refractivity contribution is 0.483. The number of hydrogen-bond acceptors (Lipinski definition) is 5. The van der Waals surface area contributed by atoms with Crippen molar-refractivity contribution in [2.24, 2.45) is 7.05 Å². The van der Waals surface area contributed by atoms with E-state index < -0.39 is 0 Å². The van der Waals surface area contributed by atoms with Gasteiger partial charge in [0.1, 0.15) is 23.6 Å². The summed E-state index contributed by atoms with van der Waals surface area (Å²) in [5.41, 5.74) is 8.46. The van der Waals surface area contributed by atoms with Crippen molar-refractivity contribution >= 4 is 16.9 Å².